The molecule has 1 aromatic carbocycles. The molecule has 2 N–H and O–H groups in total. The van der Waals surface area contributed by atoms with E-state index in [0.717, 1.165) is 38.6 Å². The Balaban J connectivity index is 0.00000364. The maximum Gasteiger partial charge on any atom is 0.222 e. The summed E-state index contributed by atoms with van der Waals surface area (Å²) in [6, 6.07) is 6.57. The van der Waals surface area contributed by atoms with Crippen LogP contribution in [-0.2, 0) is 14.6 Å². The molecule has 1 fully saturated rings. The number of carbonyl (C=O) groups excluding carboxylic acids is 1. The third-order valence-electron chi connectivity index (χ3n) is 4.78. The maximum absolute atomic E-state index is 12.5. The van der Waals surface area contributed by atoms with Gasteiger partial charge in [0.05, 0.1) is 11.5 Å². The number of nitrogens with two attached hydrogens (primary N) is 1. The van der Waals surface area contributed by atoms with Crippen LogP contribution in [0.4, 0.5) is 0 Å². The van der Waals surface area contributed by atoms with E-state index in [1.807, 2.05) is 11.8 Å². The number of hydrogen-bond donors (Lipinski definition) is 1. The number of amides is 1. The lowest BCUT2D eigenvalue weighted by Gasteiger charge is -2.38. The van der Waals surface area contributed by atoms with Crippen LogP contribution in [0.25, 0.3) is 0 Å². The van der Waals surface area contributed by atoms with E-state index in [9.17, 15) is 13.2 Å². The van der Waals surface area contributed by atoms with E-state index < -0.39 is 9.84 Å². The Kier molecular flexibility index (Phi) is 9.56. The van der Waals surface area contributed by atoms with Gasteiger partial charge in [0.15, 0.2) is 9.84 Å². The molecule has 1 saturated heterocycles. The molecular weight excluding hydrogens is 388 g/mol. The quantitative estimate of drug-likeness (QED) is 0.655. The molecule has 0 aliphatic carbocycles. The van der Waals surface area contributed by atoms with Crippen molar-refractivity contribution in [2.45, 2.75) is 62.4 Å². The van der Waals surface area contributed by atoms with Crippen molar-refractivity contribution in [1.29, 1.82) is 0 Å². The van der Waals surface area contributed by atoms with Crippen LogP contribution >= 0.6 is 12.4 Å². The van der Waals surface area contributed by atoms with E-state index >= 15 is 0 Å². The second-order valence-corrected chi connectivity index (χ2v) is 9.07. The van der Waals surface area contributed by atoms with Crippen LogP contribution in [0.5, 0.6) is 5.75 Å². The van der Waals surface area contributed by atoms with Gasteiger partial charge in [0.2, 0.25) is 5.91 Å². The number of carbonyl (C=O) groups is 1. The number of unbranched alkanes of at least 4 members (excludes halogenated alkanes) is 1. The van der Waals surface area contributed by atoms with Gasteiger partial charge in [-0.1, -0.05) is 0 Å². The molecule has 1 heterocycles. The average molecular weight is 419 g/mol. The minimum absolute atomic E-state index is 0. The van der Waals surface area contributed by atoms with Crippen molar-refractivity contribution in [3.05, 3.63) is 24.3 Å². The Bertz CT molecular complexity index is 692. The van der Waals surface area contributed by atoms with Crippen LogP contribution in [-0.4, -0.2) is 50.7 Å². The number of nitrogens with zero attached hydrogens (tertiary/aromatic N) is 1. The summed E-state index contributed by atoms with van der Waals surface area (Å²) in [5.74, 6) is 0.821. The summed E-state index contributed by atoms with van der Waals surface area (Å²) in [6.45, 7) is 3.29. The van der Waals surface area contributed by atoms with Crippen molar-refractivity contribution in [2.24, 2.45) is 5.73 Å². The van der Waals surface area contributed by atoms with E-state index in [4.69, 9.17) is 10.5 Å². The van der Waals surface area contributed by atoms with Crippen molar-refractivity contribution >= 4 is 28.2 Å². The molecule has 0 radical (unpaired) electrons. The number of rotatable bonds is 8. The van der Waals surface area contributed by atoms with Crippen LogP contribution in [0.15, 0.2) is 29.2 Å². The molecule has 2 atom stereocenters. The highest BCUT2D eigenvalue weighted by Gasteiger charge is 2.28. The topological polar surface area (TPSA) is 89.7 Å². The molecule has 0 saturated carbocycles. The Hall–Kier alpha value is -1.31. The van der Waals surface area contributed by atoms with Gasteiger partial charge in [-0.05, 0) is 63.3 Å². The van der Waals surface area contributed by atoms with E-state index in [1.165, 1.54) is 6.26 Å². The standard InChI is InChI=1S/C19H30N2O4S.ClH/c1-15(20)18-7-3-5-13-21(18)19(22)8-4-6-14-25-16-9-11-17(12-10-16)26(2,23)24;/h9-12,15,18H,3-8,13-14,20H2,1-2H3;1H. The molecule has 1 aliphatic rings. The second-order valence-electron chi connectivity index (χ2n) is 7.06. The van der Waals surface area contributed by atoms with E-state index in [0.29, 0.717) is 18.8 Å². The summed E-state index contributed by atoms with van der Waals surface area (Å²) < 4.78 is 28.5. The first kappa shape index (κ1) is 23.7. The lowest BCUT2D eigenvalue weighted by atomic mass is 9.96. The third-order valence-corrected chi connectivity index (χ3v) is 5.91. The van der Waals surface area contributed by atoms with Crippen LogP contribution in [0.3, 0.4) is 0 Å². The Morgan fingerprint density at radius 3 is 2.52 bits per heavy atom. The summed E-state index contributed by atoms with van der Waals surface area (Å²) in [6.07, 6.45) is 6.43. The molecule has 1 aliphatic heterocycles. The predicted octanol–water partition coefficient (Wildman–Crippen LogP) is 2.79. The number of sulfone groups is 1. The Morgan fingerprint density at radius 1 is 1.26 bits per heavy atom. The first-order valence-electron chi connectivity index (χ1n) is 9.27. The molecule has 2 unspecified atom stereocenters. The molecular formula is C19H31ClN2O4S. The Labute approximate surface area is 168 Å². The Morgan fingerprint density at radius 2 is 1.93 bits per heavy atom. The van der Waals surface area contributed by atoms with E-state index in [2.05, 4.69) is 0 Å². The van der Waals surface area contributed by atoms with Gasteiger partial charge in [-0.3, -0.25) is 4.79 Å². The molecule has 6 nitrogen and oxygen atoms in total. The van der Waals surface area contributed by atoms with Crippen molar-refractivity contribution in [3.63, 3.8) is 0 Å². The first-order valence-corrected chi connectivity index (χ1v) is 11.2. The monoisotopic (exact) mass is 418 g/mol. The maximum atomic E-state index is 12.5. The average Bonchev–Trinajstić information content (AvgIpc) is 2.61. The fourth-order valence-corrected chi connectivity index (χ4v) is 3.94. The minimum atomic E-state index is -3.19. The van der Waals surface area contributed by atoms with E-state index in [-0.39, 0.29) is 35.3 Å². The summed E-state index contributed by atoms with van der Waals surface area (Å²) in [4.78, 5) is 14.7. The highest BCUT2D eigenvalue weighted by atomic mass is 35.5. The van der Waals surface area contributed by atoms with Crippen molar-refractivity contribution < 1.29 is 17.9 Å². The molecule has 1 aromatic rings. The van der Waals surface area contributed by atoms with Gasteiger partial charge in [0.25, 0.3) is 0 Å². The van der Waals surface area contributed by atoms with Crippen molar-refractivity contribution in [2.75, 3.05) is 19.4 Å². The smallest absolute Gasteiger partial charge is 0.222 e. The molecule has 0 aromatic heterocycles. The van der Waals surface area contributed by atoms with Crippen molar-refractivity contribution in [1.82, 2.24) is 4.90 Å². The lowest BCUT2D eigenvalue weighted by Crippen LogP contribution is -2.51. The number of piperidine rings is 1. The summed E-state index contributed by atoms with van der Waals surface area (Å²) >= 11 is 0. The summed E-state index contributed by atoms with van der Waals surface area (Å²) in [5.41, 5.74) is 6.02. The third kappa shape index (κ3) is 7.31. The molecule has 0 spiro atoms. The van der Waals surface area contributed by atoms with Gasteiger partial charge in [-0.15, -0.1) is 12.4 Å². The minimum Gasteiger partial charge on any atom is -0.494 e. The van der Waals surface area contributed by atoms with Gasteiger partial charge in [-0.2, -0.15) is 0 Å². The summed E-state index contributed by atoms with van der Waals surface area (Å²) in [7, 11) is -3.19. The van der Waals surface area contributed by atoms with Gasteiger partial charge in [-0.25, -0.2) is 8.42 Å². The van der Waals surface area contributed by atoms with Crippen LogP contribution in [0.1, 0.15) is 45.4 Å². The number of benzene rings is 1. The van der Waals surface area contributed by atoms with Gasteiger partial charge >= 0.3 is 0 Å². The highest BCUT2D eigenvalue weighted by Crippen LogP contribution is 2.21. The second kappa shape index (κ2) is 10.9. The molecule has 154 valence electrons. The molecule has 27 heavy (non-hydrogen) atoms. The van der Waals surface area contributed by atoms with Gasteiger partial charge in [0, 0.05) is 31.3 Å². The largest absolute Gasteiger partial charge is 0.494 e. The fraction of sp³-hybridized carbons (Fsp3) is 0.632. The predicted molar refractivity (Wildman–Crippen MR) is 109 cm³/mol. The zero-order valence-electron chi connectivity index (χ0n) is 16.1. The van der Waals surface area contributed by atoms with Gasteiger partial charge < -0.3 is 15.4 Å². The van der Waals surface area contributed by atoms with Crippen molar-refractivity contribution in [3.8, 4) is 5.75 Å². The highest BCUT2D eigenvalue weighted by molar-refractivity contribution is 7.90. The van der Waals surface area contributed by atoms with Crippen LogP contribution in [0.2, 0.25) is 0 Å². The van der Waals surface area contributed by atoms with Gasteiger partial charge in [0.1, 0.15) is 5.75 Å². The fourth-order valence-electron chi connectivity index (χ4n) is 3.31. The van der Waals surface area contributed by atoms with Crippen LogP contribution in [0, 0.1) is 0 Å². The number of halogens is 1. The normalized spacial score (nSPS) is 18.5. The first-order chi connectivity index (χ1) is 12.3. The zero-order valence-corrected chi connectivity index (χ0v) is 17.7. The number of hydrogen-bond acceptors (Lipinski definition) is 5. The summed E-state index contributed by atoms with van der Waals surface area (Å²) in [5, 5.41) is 0. The lowest BCUT2D eigenvalue weighted by molar-refractivity contribution is -0.135. The zero-order chi connectivity index (χ0) is 19.2. The molecule has 2 rings (SSSR count). The van der Waals surface area contributed by atoms with Crippen LogP contribution < -0.4 is 10.5 Å². The molecule has 1 amide bonds. The molecule has 0 bridgehead atoms. The number of likely N-dealkylation sites (tertiary alicyclic amines) is 1. The molecule has 8 heteroatoms. The SMILES string of the molecule is CC(N)C1CCCCN1C(=O)CCCCOc1ccc(S(C)(=O)=O)cc1.Cl. The van der Waals surface area contributed by atoms with E-state index in [1.54, 1.807) is 24.3 Å². The number of ether oxygens (including phenoxy) is 1.